The van der Waals surface area contributed by atoms with Crippen LogP contribution in [0.15, 0.2) is 12.1 Å². The van der Waals surface area contributed by atoms with E-state index in [2.05, 4.69) is 11.8 Å². The molecule has 0 saturated heterocycles. The maximum absolute atomic E-state index is 11.9. The van der Waals surface area contributed by atoms with E-state index in [0.717, 1.165) is 10.8 Å². The van der Waals surface area contributed by atoms with E-state index in [1.807, 2.05) is 13.1 Å². The Morgan fingerprint density at radius 3 is 2.81 bits per heavy atom. The maximum atomic E-state index is 11.9. The zero-order valence-corrected chi connectivity index (χ0v) is 11.1. The average Bonchev–Trinajstić information content (AvgIpc) is 3.00. The highest BCUT2D eigenvalue weighted by molar-refractivity contribution is 7.18. The van der Waals surface area contributed by atoms with Gasteiger partial charge in [0.25, 0.3) is 0 Å². The molecule has 1 fully saturated rings. The van der Waals surface area contributed by atoms with E-state index >= 15 is 0 Å². The standard InChI is InChI=1S/C12H16ClNOS/c1-8(9-3-4-9)14(2)7-10(15)11-5-6-12(13)16-11/h5-6,8-9H,3-4,7H2,1-2H3. The molecular weight excluding hydrogens is 242 g/mol. The molecule has 2 nitrogen and oxygen atoms in total. The Morgan fingerprint density at radius 1 is 1.62 bits per heavy atom. The number of carbonyl (C=O) groups is 1. The largest absolute Gasteiger partial charge is 0.296 e. The van der Waals surface area contributed by atoms with Crippen molar-refractivity contribution >= 4 is 28.7 Å². The SMILES string of the molecule is CC(C1CC1)N(C)CC(=O)c1ccc(Cl)s1. The minimum atomic E-state index is 0.173. The minimum Gasteiger partial charge on any atom is -0.296 e. The van der Waals surface area contributed by atoms with Gasteiger partial charge >= 0.3 is 0 Å². The third-order valence-corrected chi connectivity index (χ3v) is 4.51. The quantitative estimate of drug-likeness (QED) is 0.755. The van der Waals surface area contributed by atoms with Gasteiger partial charge in [-0.1, -0.05) is 11.6 Å². The van der Waals surface area contributed by atoms with Crippen molar-refractivity contribution in [1.82, 2.24) is 4.90 Å². The van der Waals surface area contributed by atoms with Gasteiger partial charge in [-0.25, -0.2) is 0 Å². The fourth-order valence-corrected chi connectivity index (χ4v) is 2.82. The van der Waals surface area contributed by atoms with Crippen LogP contribution < -0.4 is 0 Å². The van der Waals surface area contributed by atoms with Gasteiger partial charge in [0.15, 0.2) is 5.78 Å². The van der Waals surface area contributed by atoms with Gasteiger partial charge < -0.3 is 0 Å². The molecular formula is C12H16ClNOS. The van der Waals surface area contributed by atoms with Gasteiger partial charge in [0.05, 0.1) is 15.8 Å². The van der Waals surface area contributed by atoms with Crippen LogP contribution in [0, 0.1) is 5.92 Å². The molecule has 0 bridgehead atoms. The van der Waals surface area contributed by atoms with Crippen LogP contribution in [0.4, 0.5) is 0 Å². The fourth-order valence-electron chi connectivity index (χ4n) is 1.85. The van der Waals surface area contributed by atoms with E-state index < -0.39 is 0 Å². The molecule has 1 heterocycles. The molecule has 1 aromatic rings. The van der Waals surface area contributed by atoms with E-state index in [0.29, 0.717) is 16.9 Å². The molecule has 0 amide bonds. The van der Waals surface area contributed by atoms with E-state index in [9.17, 15) is 4.79 Å². The molecule has 2 rings (SSSR count). The maximum Gasteiger partial charge on any atom is 0.186 e. The number of rotatable bonds is 5. The highest BCUT2D eigenvalue weighted by Gasteiger charge is 2.31. The Balaban J connectivity index is 1.91. The van der Waals surface area contributed by atoms with Crippen LogP contribution in [0.1, 0.15) is 29.4 Å². The van der Waals surface area contributed by atoms with Gasteiger partial charge in [0.2, 0.25) is 0 Å². The van der Waals surface area contributed by atoms with Crippen molar-refractivity contribution < 1.29 is 4.79 Å². The number of Topliss-reactive ketones (excluding diaryl/α,β-unsaturated/α-hetero) is 1. The van der Waals surface area contributed by atoms with Crippen molar-refractivity contribution in [3.8, 4) is 0 Å². The second kappa shape index (κ2) is 4.86. The van der Waals surface area contributed by atoms with E-state index in [1.54, 1.807) is 6.07 Å². The zero-order valence-electron chi connectivity index (χ0n) is 9.57. The van der Waals surface area contributed by atoms with Crippen LogP contribution in [0.5, 0.6) is 0 Å². The first-order chi connectivity index (χ1) is 7.58. The molecule has 1 aromatic heterocycles. The molecule has 0 aliphatic heterocycles. The van der Waals surface area contributed by atoms with Crippen molar-refractivity contribution in [2.75, 3.05) is 13.6 Å². The highest BCUT2D eigenvalue weighted by atomic mass is 35.5. The second-order valence-corrected chi connectivity index (χ2v) is 6.24. The monoisotopic (exact) mass is 257 g/mol. The molecule has 1 unspecified atom stereocenters. The number of hydrogen-bond donors (Lipinski definition) is 0. The Bertz CT molecular complexity index is 386. The van der Waals surface area contributed by atoms with E-state index in [4.69, 9.17) is 11.6 Å². The number of hydrogen-bond acceptors (Lipinski definition) is 3. The summed E-state index contributed by atoms with van der Waals surface area (Å²) in [6.45, 7) is 2.70. The summed E-state index contributed by atoms with van der Waals surface area (Å²) in [6, 6.07) is 4.11. The Morgan fingerprint density at radius 2 is 2.31 bits per heavy atom. The van der Waals surface area contributed by atoms with Crippen LogP contribution in [0.25, 0.3) is 0 Å². The second-order valence-electron chi connectivity index (χ2n) is 4.52. The molecule has 4 heteroatoms. The molecule has 1 aliphatic carbocycles. The number of nitrogens with zero attached hydrogens (tertiary/aromatic N) is 1. The van der Waals surface area contributed by atoms with Gasteiger partial charge in [0.1, 0.15) is 0 Å². The van der Waals surface area contributed by atoms with E-state index in [1.165, 1.54) is 24.2 Å². The summed E-state index contributed by atoms with van der Waals surface area (Å²) in [4.78, 5) is 14.8. The van der Waals surface area contributed by atoms with Crippen molar-refractivity contribution in [2.24, 2.45) is 5.92 Å². The lowest BCUT2D eigenvalue weighted by Gasteiger charge is -2.23. The minimum absolute atomic E-state index is 0.173. The molecule has 0 radical (unpaired) electrons. The average molecular weight is 258 g/mol. The molecule has 0 N–H and O–H groups in total. The zero-order chi connectivity index (χ0) is 11.7. The van der Waals surface area contributed by atoms with E-state index in [-0.39, 0.29) is 5.78 Å². The Labute approximate surface area is 105 Å². The first-order valence-corrected chi connectivity index (χ1v) is 6.76. The smallest absolute Gasteiger partial charge is 0.186 e. The van der Waals surface area contributed by atoms with Crippen LogP contribution in [-0.2, 0) is 0 Å². The van der Waals surface area contributed by atoms with Crippen molar-refractivity contribution in [3.05, 3.63) is 21.3 Å². The summed E-state index contributed by atoms with van der Waals surface area (Å²) in [5.41, 5.74) is 0. The van der Waals surface area contributed by atoms with Gasteiger partial charge in [-0.3, -0.25) is 9.69 Å². The van der Waals surface area contributed by atoms with Crippen LogP contribution in [0.2, 0.25) is 4.34 Å². The molecule has 0 spiro atoms. The van der Waals surface area contributed by atoms with Gasteiger partial charge in [0, 0.05) is 6.04 Å². The first-order valence-electron chi connectivity index (χ1n) is 5.56. The van der Waals surface area contributed by atoms with Crippen LogP contribution >= 0.6 is 22.9 Å². The van der Waals surface area contributed by atoms with Crippen molar-refractivity contribution in [2.45, 2.75) is 25.8 Å². The molecule has 0 aromatic carbocycles. The van der Waals surface area contributed by atoms with Crippen LogP contribution in [-0.4, -0.2) is 30.3 Å². The summed E-state index contributed by atoms with van der Waals surface area (Å²) in [5.74, 6) is 0.969. The molecule has 16 heavy (non-hydrogen) atoms. The van der Waals surface area contributed by atoms with Gasteiger partial charge in [-0.2, -0.15) is 0 Å². The highest BCUT2D eigenvalue weighted by Crippen LogP contribution is 2.34. The number of ketones is 1. The molecule has 88 valence electrons. The lowest BCUT2D eigenvalue weighted by Crippen LogP contribution is -2.35. The molecule has 1 saturated carbocycles. The normalized spacial score (nSPS) is 17.8. The van der Waals surface area contributed by atoms with Crippen molar-refractivity contribution in [3.63, 3.8) is 0 Å². The summed E-state index contributed by atoms with van der Waals surface area (Å²) >= 11 is 7.18. The number of halogens is 1. The fraction of sp³-hybridized carbons (Fsp3) is 0.583. The third kappa shape index (κ3) is 2.84. The van der Waals surface area contributed by atoms with Crippen molar-refractivity contribution in [1.29, 1.82) is 0 Å². The predicted molar refractivity (Wildman–Crippen MR) is 68.5 cm³/mol. The predicted octanol–water partition coefficient (Wildman–Crippen LogP) is 3.31. The Kier molecular flexibility index (Phi) is 3.67. The molecule has 1 aliphatic rings. The summed E-state index contributed by atoms with van der Waals surface area (Å²) in [5, 5.41) is 0. The first kappa shape index (κ1) is 12.1. The number of carbonyl (C=O) groups excluding carboxylic acids is 1. The summed E-state index contributed by atoms with van der Waals surface area (Å²) in [7, 11) is 2.02. The lowest BCUT2D eigenvalue weighted by atomic mass is 10.2. The van der Waals surface area contributed by atoms with Gasteiger partial charge in [-0.15, -0.1) is 11.3 Å². The summed E-state index contributed by atoms with van der Waals surface area (Å²) in [6.07, 6.45) is 2.62. The third-order valence-electron chi connectivity index (χ3n) is 3.24. The number of thiophene rings is 1. The lowest BCUT2D eigenvalue weighted by molar-refractivity contribution is 0.0921. The summed E-state index contributed by atoms with van der Waals surface area (Å²) < 4.78 is 0.682. The van der Waals surface area contributed by atoms with Gasteiger partial charge in [-0.05, 0) is 44.9 Å². The Hall–Kier alpha value is -0.380. The topological polar surface area (TPSA) is 20.3 Å². The number of likely N-dealkylation sites (N-methyl/N-ethyl adjacent to an activating group) is 1. The van der Waals surface area contributed by atoms with Crippen LogP contribution in [0.3, 0.4) is 0 Å². The molecule has 1 atom stereocenters.